The molecule has 3 amide bonds. The highest BCUT2D eigenvalue weighted by Gasteiger charge is 2.36. The molecule has 1 rings (SSSR count). The molecule has 0 aromatic heterocycles. The summed E-state index contributed by atoms with van der Waals surface area (Å²) in [4.78, 5) is 37.6. The monoisotopic (exact) mass is 242 g/mol. The molecular formula is C10H18N4O3. The topological polar surface area (TPSA) is 95.7 Å². The molecule has 1 aliphatic rings. The average Bonchev–Trinajstić information content (AvgIpc) is 2.33. The second-order valence-electron chi connectivity index (χ2n) is 3.98. The summed E-state index contributed by atoms with van der Waals surface area (Å²) in [6, 6.07) is -0.722. The van der Waals surface area contributed by atoms with Crippen molar-refractivity contribution in [3.05, 3.63) is 0 Å². The van der Waals surface area contributed by atoms with Gasteiger partial charge in [-0.25, -0.2) is 5.84 Å². The molecule has 1 fully saturated rings. The molecule has 0 saturated carbocycles. The molecule has 17 heavy (non-hydrogen) atoms. The second-order valence-corrected chi connectivity index (χ2v) is 3.98. The van der Waals surface area contributed by atoms with Crippen LogP contribution < -0.4 is 11.3 Å². The van der Waals surface area contributed by atoms with Crippen LogP contribution in [0.2, 0.25) is 0 Å². The van der Waals surface area contributed by atoms with E-state index in [0.717, 1.165) is 6.42 Å². The van der Waals surface area contributed by atoms with Crippen molar-refractivity contribution >= 4 is 17.7 Å². The lowest BCUT2D eigenvalue weighted by molar-refractivity contribution is -0.159. The third-order valence-electron chi connectivity index (χ3n) is 2.82. The summed E-state index contributed by atoms with van der Waals surface area (Å²) in [5.74, 6) is 3.34. The number of carbonyl (C=O) groups is 3. The maximum Gasteiger partial charge on any atom is 0.312 e. The molecule has 96 valence electrons. The average molecular weight is 242 g/mol. The molecule has 0 aromatic carbocycles. The summed E-state index contributed by atoms with van der Waals surface area (Å²) in [7, 11) is 0. The van der Waals surface area contributed by atoms with E-state index in [9.17, 15) is 14.4 Å². The Morgan fingerprint density at radius 2 is 2.06 bits per heavy atom. The van der Waals surface area contributed by atoms with E-state index in [2.05, 4.69) is 0 Å². The molecule has 0 spiro atoms. The molecule has 0 aliphatic carbocycles. The minimum absolute atomic E-state index is 0.360. The van der Waals surface area contributed by atoms with E-state index in [1.807, 2.05) is 12.3 Å². The maximum atomic E-state index is 11.8. The van der Waals surface area contributed by atoms with Crippen molar-refractivity contribution in [2.24, 2.45) is 5.84 Å². The van der Waals surface area contributed by atoms with Gasteiger partial charge >= 0.3 is 11.8 Å². The number of piperazine rings is 1. The van der Waals surface area contributed by atoms with Gasteiger partial charge in [-0.05, 0) is 13.3 Å². The van der Waals surface area contributed by atoms with E-state index >= 15 is 0 Å². The van der Waals surface area contributed by atoms with Crippen molar-refractivity contribution in [1.29, 1.82) is 0 Å². The maximum absolute atomic E-state index is 11.8. The number of carbonyl (C=O) groups excluding carboxylic acids is 3. The van der Waals surface area contributed by atoms with Gasteiger partial charge in [0.25, 0.3) is 5.91 Å². The van der Waals surface area contributed by atoms with Gasteiger partial charge in [0.15, 0.2) is 0 Å². The predicted molar refractivity (Wildman–Crippen MR) is 60.4 cm³/mol. The summed E-state index contributed by atoms with van der Waals surface area (Å²) in [6.45, 7) is 4.87. The van der Waals surface area contributed by atoms with E-state index in [1.54, 1.807) is 6.92 Å². The van der Waals surface area contributed by atoms with Crippen LogP contribution in [0.15, 0.2) is 0 Å². The van der Waals surface area contributed by atoms with Gasteiger partial charge in [-0.3, -0.25) is 19.8 Å². The number of nitrogens with one attached hydrogen (secondary N) is 1. The summed E-state index contributed by atoms with van der Waals surface area (Å²) in [5.41, 5.74) is 1.98. The molecule has 1 heterocycles. The first kappa shape index (κ1) is 13.4. The third kappa shape index (κ3) is 2.73. The van der Waals surface area contributed by atoms with E-state index in [1.165, 1.54) is 9.80 Å². The minimum Gasteiger partial charge on any atom is -0.333 e. The highest BCUT2D eigenvalue weighted by Crippen LogP contribution is 2.09. The van der Waals surface area contributed by atoms with E-state index < -0.39 is 23.8 Å². The number of hydrazine groups is 1. The van der Waals surface area contributed by atoms with Crippen molar-refractivity contribution in [3.8, 4) is 0 Å². The van der Waals surface area contributed by atoms with Gasteiger partial charge in [0.2, 0.25) is 0 Å². The smallest absolute Gasteiger partial charge is 0.312 e. The minimum atomic E-state index is -0.722. The highest BCUT2D eigenvalue weighted by molar-refractivity contribution is 6.35. The summed E-state index contributed by atoms with van der Waals surface area (Å²) in [5, 5.41) is 0. The van der Waals surface area contributed by atoms with Crippen LogP contribution in [0.4, 0.5) is 0 Å². The van der Waals surface area contributed by atoms with Gasteiger partial charge in [-0.15, -0.1) is 0 Å². The molecule has 1 aliphatic heterocycles. The molecule has 1 saturated heterocycles. The van der Waals surface area contributed by atoms with Crippen molar-refractivity contribution in [3.63, 3.8) is 0 Å². The van der Waals surface area contributed by atoms with Crippen LogP contribution in [0.1, 0.15) is 20.3 Å². The Kier molecular flexibility index (Phi) is 4.45. The normalized spacial score (nSPS) is 18.3. The molecular weight excluding hydrogens is 224 g/mol. The standard InChI is InChI=1S/C10H18N4O3/c1-3-4-13-5-6-14(10(17)9(13)16)7(2)8(15)12-11/h7H,3-6,11H2,1-2H3,(H,12,15). The molecule has 7 nitrogen and oxygen atoms in total. The van der Waals surface area contributed by atoms with Crippen molar-refractivity contribution < 1.29 is 14.4 Å². The predicted octanol–water partition coefficient (Wildman–Crippen LogP) is -1.55. The van der Waals surface area contributed by atoms with Crippen LogP contribution in [0.25, 0.3) is 0 Å². The quantitative estimate of drug-likeness (QED) is 0.270. The first-order valence-corrected chi connectivity index (χ1v) is 5.63. The zero-order valence-corrected chi connectivity index (χ0v) is 10.1. The SMILES string of the molecule is CCCN1CCN(C(C)C(=O)NN)C(=O)C1=O. The van der Waals surface area contributed by atoms with Crippen LogP contribution in [0.3, 0.4) is 0 Å². The Morgan fingerprint density at radius 1 is 1.41 bits per heavy atom. The van der Waals surface area contributed by atoms with Gasteiger partial charge in [0.05, 0.1) is 0 Å². The van der Waals surface area contributed by atoms with Gasteiger partial charge in [-0.1, -0.05) is 6.92 Å². The number of nitrogens with two attached hydrogens (primary N) is 1. The Hall–Kier alpha value is -1.63. The van der Waals surface area contributed by atoms with Crippen LogP contribution in [0.5, 0.6) is 0 Å². The lowest BCUT2D eigenvalue weighted by atomic mass is 10.2. The Bertz CT molecular complexity index is 332. The van der Waals surface area contributed by atoms with Crippen LogP contribution in [-0.2, 0) is 14.4 Å². The fraction of sp³-hybridized carbons (Fsp3) is 0.700. The molecule has 1 unspecified atom stereocenters. The van der Waals surface area contributed by atoms with E-state index in [4.69, 9.17) is 5.84 Å². The Morgan fingerprint density at radius 3 is 2.59 bits per heavy atom. The van der Waals surface area contributed by atoms with E-state index in [0.29, 0.717) is 19.6 Å². The lowest BCUT2D eigenvalue weighted by Gasteiger charge is -2.36. The Balaban J connectivity index is 2.71. The van der Waals surface area contributed by atoms with Crippen LogP contribution in [0, 0.1) is 0 Å². The Labute approximate surface area is 99.9 Å². The fourth-order valence-electron chi connectivity index (χ4n) is 1.80. The molecule has 1 atom stereocenters. The summed E-state index contributed by atoms with van der Waals surface area (Å²) < 4.78 is 0. The van der Waals surface area contributed by atoms with Crippen molar-refractivity contribution in [2.45, 2.75) is 26.3 Å². The van der Waals surface area contributed by atoms with Crippen LogP contribution in [-0.4, -0.2) is 53.2 Å². The summed E-state index contributed by atoms with van der Waals surface area (Å²) in [6.07, 6.45) is 0.803. The highest BCUT2D eigenvalue weighted by atomic mass is 16.2. The zero-order valence-electron chi connectivity index (χ0n) is 10.1. The number of hydrogen-bond donors (Lipinski definition) is 2. The number of nitrogens with zero attached hydrogens (tertiary/aromatic N) is 2. The van der Waals surface area contributed by atoms with Gasteiger partial charge in [-0.2, -0.15) is 0 Å². The number of hydrogen-bond acceptors (Lipinski definition) is 4. The zero-order chi connectivity index (χ0) is 13.0. The number of rotatable bonds is 4. The lowest BCUT2D eigenvalue weighted by Crippen LogP contribution is -2.60. The number of amides is 3. The van der Waals surface area contributed by atoms with Gasteiger partial charge < -0.3 is 9.80 Å². The fourth-order valence-corrected chi connectivity index (χ4v) is 1.80. The summed E-state index contributed by atoms with van der Waals surface area (Å²) >= 11 is 0. The van der Waals surface area contributed by atoms with Crippen molar-refractivity contribution in [2.75, 3.05) is 19.6 Å². The largest absolute Gasteiger partial charge is 0.333 e. The molecule has 3 N–H and O–H groups in total. The first-order chi connectivity index (χ1) is 8.02. The molecule has 0 radical (unpaired) electrons. The van der Waals surface area contributed by atoms with Crippen LogP contribution >= 0.6 is 0 Å². The van der Waals surface area contributed by atoms with E-state index in [-0.39, 0.29) is 0 Å². The molecule has 0 aromatic rings. The van der Waals surface area contributed by atoms with Gasteiger partial charge in [0, 0.05) is 19.6 Å². The third-order valence-corrected chi connectivity index (χ3v) is 2.82. The molecule has 7 heteroatoms. The van der Waals surface area contributed by atoms with Crippen molar-refractivity contribution in [1.82, 2.24) is 15.2 Å². The first-order valence-electron chi connectivity index (χ1n) is 5.63. The second kappa shape index (κ2) is 5.62. The molecule has 0 bridgehead atoms. The van der Waals surface area contributed by atoms with Gasteiger partial charge in [0.1, 0.15) is 6.04 Å².